The van der Waals surface area contributed by atoms with Crippen LogP contribution < -0.4 is 9.80 Å². The Bertz CT molecular complexity index is 892. The van der Waals surface area contributed by atoms with Gasteiger partial charge in [0.2, 0.25) is 0 Å². The number of carbonyl (C=O) groups is 2. The highest BCUT2D eigenvalue weighted by atomic mass is 32.1. The third-order valence-electron chi connectivity index (χ3n) is 5.49. The van der Waals surface area contributed by atoms with Crippen LogP contribution in [0.5, 0.6) is 0 Å². The van der Waals surface area contributed by atoms with Gasteiger partial charge >= 0.3 is 0 Å². The van der Waals surface area contributed by atoms with Gasteiger partial charge in [-0.3, -0.25) is 9.59 Å². The van der Waals surface area contributed by atoms with E-state index in [1.807, 2.05) is 41.8 Å². The zero-order valence-corrected chi connectivity index (χ0v) is 17.2. The van der Waals surface area contributed by atoms with Crippen molar-refractivity contribution < 1.29 is 9.59 Å². The van der Waals surface area contributed by atoms with Crippen molar-refractivity contribution in [1.82, 2.24) is 4.90 Å². The third kappa shape index (κ3) is 3.11. The fourth-order valence-electron chi connectivity index (χ4n) is 4.03. The summed E-state index contributed by atoms with van der Waals surface area (Å²) in [5, 5.41) is 1.95. The minimum atomic E-state index is -0.218. The van der Waals surface area contributed by atoms with E-state index in [9.17, 15) is 9.59 Å². The Balaban J connectivity index is 1.70. The number of hydrogen-bond donors (Lipinski definition) is 0. The monoisotopic (exact) mass is 395 g/mol. The van der Waals surface area contributed by atoms with Gasteiger partial charge in [-0.25, -0.2) is 4.90 Å². The Labute approximate surface area is 169 Å². The molecule has 0 spiro atoms. The highest BCUT2D eigenvalue weighted by molar-refractivity contribution is 7.11. The maximum atomic E-state index is 13.3. The van der Waals surface area contributed by atoms with Gasteiger partial charge in [-0.2, -0.15) is 0 Å². The van der Waals surface area contributed by atoms with E-state index in [-0.39, 0.29) is 11.8 Å². The second-order valence-corrected chi connectivity index (χ2v) is 7.98. The second kappa shape index (κ2) is 7.80. The van der Waals surface area contributed by atoms with Crippen LogP contribution in [0.4, 0.5) is 11.4 Å². The first-order valence-electron chi connectivity index (χ1n) is 9.92. The molecule has 4 rings (SSSR count). The molecule has 1 aromatic heterocycles. The minimum Gasteiger partial charge on any atom is -0.372 e. The van der Waals surface area contributed by atoms with Crippen molar-refractivity contribution in [2.24, 2.45) is 0 Å². The first-order chi connectivity index (χ1) is 13.7. The van der Waals surface area contributed by atoms with Crippen LogP contribution in [0.2, 0.25) is 0 Å². The highest BCUT2D eigenvalue weighted by Gasteiger charge is 2.43. The van der Waals surface area contributed by atoms with Crippen molar-refractivity contribution in [2.45, 2.75) is 26.7 Å². The van der Waals surface area contributed by atoms with E-state index in [0.29, 0.717) is 17.0 Å². The van der Waals surface area contributed by atoms with Gasteiger partial charge in [0.25, 0.3) is 11.8 Å². The molecule has 5 nitrogen and oxygen atoms in total. The zero-order chi connectivity index (χ0) is 19.7. The molecule has 28 heavy (non-hydrogen) atoms. The lowest BCUT2D eigenvalue weighted by molar-refractivity contribution is -0.120. The Kier molecular flexibility index (Phi) is 5.22. The molecule has 0 radical (unpaired) electrons. The lowest BCUT2D eigenvalue weighted by atomic mass is 10.2. The first kappa shape index (κ1) is 18.7. The van der Waals surface area contributed by atoms with Gasteiger partial charge in [-0.15, -0.1) is 11.3 Å². The van der Waals surface area contributed by atoms with E-state index in [4.69, 9.17) is 0 Å². The maximum Gasteiger partial charge on any atom is 0.282 e. The van der Waals surface area contributed by atoms with Crippen LogP contribution in [-0.4, -0.2) is 42.9 Å². The number of anilines is 2. The van der Waals surface area contributed by atoms with E-state index in [1.54, 1.807) is 0 Å². The van der Waals surface area contributed by atoms with Crippen molar-refractivity contribution >= 4 is 40.1 Å². The van der Waals surface area contributed by atoms with Gasteiger partial charge in [0, 0.05) is 36.7 Å². The number of carbonyl (C=O) groups excluding carboxylic acids is 2. The van der Waals surface area contributed by atoms with Gasteiger partial charge < -0.3 is 9.80 Å². The number of likely N-dealkylation sites (tertiary alicyclic amines) is 1. The fourth-order valence-corrected chi connectivity index (χ4v) is 4.79. The van der Waals surface area contributed by atoms with Gasteiger partial charge in [0.15, 0.2) is 0 Å². The van der Waals surface area contributed by atoms with E-state index >= 15 is 0 Å². The molecule has 2 aliphatic rings. The molecule has 146 valence electrons. The highest BCUT2D eigenvalue weighted by Crippen LogP contribution is 2.37. The molecule has 0 N–H and O–H groups in total. The molecule has 1 aromatic carbocycles. The van der Waals surface area contributed by atoms with Crippen LogP contribution in [0.25, 0.3) is 5.57 Å². The van der Waals surface area contributed by atoms with Crippen LogP contribution in [-0.2, 0) is 9.59 Å². The topological polar surface area (TPSA) is 43.9 Å². The average molecular weight is 396 g/mol. The maximum absolute atomic E-state index is 13.3. The lowest BCUT2D eigenvalue weighted by Gasteiger charge is -2.23. The van der Waals surface area contributed by atoms with E-state index in [2.05, 4.69) is 23.6 Å². The number of nitrogens with zero attached hydrogens (tertiary/aromatic N) is 3. The molecule has 0 unspecified atom stereocenters. The van der Waals surface area contributed by atoms with Gasteiger partial charge in [-0.1, -0.05) is 6.07 Å². The van der Waals surface area contributed by atoms with Crippen molar-refractivity contribution in [1.29, 1.82) is 0 Å². The Hall–Kier alpha value is -2.60. The first-order valence-corrected chi connectivity index (χ1v) is 10.8. The smallest absolute Gasteiger partial charge is 0.282 e. The fraction of sp³-hybridized carbons (Fsp3) is 0.364. The molecule has 6 heteroatoms. The number of thiophene rings is 1. The van der Waals surface area contributed by atoms with E-state index < -0.39 is 0 Å². The van der Waals surface area contributed by atoms with Crippen molar-refractivity contribution in [3.05, 3.63) is 52.4 Å². The molecule has 3 heterocycles. The molecular weight excluding hydrogens is 370 g/mol. The molecule has 2 amide bonds. The normalized spacial score (nSPS) is 17.2. The summed E-state index contributed by atoms with van der Waals surface area (Å²) < 4.78 is 0. The summed E-state index contributed by atoms with van der Waals surface area (Å²) in [6.07, 6.45) is 2.11. The van der Waals surface area contributed by atoms with E-state index in [0.717, 1.165) is 49.6 Å². The minimum absolute atomic E-state index is 0.203. The van der Waals surface area contributed by atoms with Crippen molar-refractivity contribution in [2.75, 3.05) is 36.0 Å². The Morgan fingerprint density at radius 3 is 2.21 bits per heavy atom. The SMILES string of the molecule is CCN(CC)c1ccc(N2C(=O)C(c3cccs3)=C(N3CCCC3)C2=O)cc1. The van der Waals surface area contributed by atoms with Gasteiger partial charge in [-0.05, 0) is 62.4 Å². The van der Waals surface area contributed by atoms with Crippen molar-refractivity contribution in [3.8, 4) is 0 Å². The third-order valence-corrected chi connectivity index (χ3v) is 6.37. The van der Waals surface area contributed by atoms with Gasteiger partial charge in [0.1, 0.15) is 5.70 Å². The summed E-state index contributed by atoms with van der Waals surface area (Å²) in [6.45, 7) is 7.73. The van der Waals surface area contributed by atoms with Crippen LogP contribution in [0.3, 0.4) is 0 Å². The molecule has 0 atom stereocenters. The molecular formula is C22H25N3O2S. The Morgan fingerprint density at radius 1 is 0.964 bits per heavy atom. The number of benzene rings is 1. The van der Waals surface area contributed by atoms with Crippen LogP contribution in [0.1, 0.15) is 31.6 Å². The quantitative estimate of drug-likeness (QED) is 0.694. The molecule has 1 saturated heterocycles. The van der Waals surface area contributed by atoms with E-state index in [1.165, 1.54) is 16.2 Å². The van der Waals surface area contributed by atoms with Crippen LogP contribution in [0.15, 0.2) is 47.5 Å². The molecule has 0 aliphatic carbocycles. The summed E-state index contributed by atoms with van der Waals surface area (Å²) in [6, 6.07) is 11.6. The summed E-state index contributed by atoms with van der Waals surface area (Å²) in [5.74, 6) is -0.421. The predicted molar refractivity (Wildman–Crippen MR) is 115 cm³/mol. The summed E-state index contributed by atoms with van der Waals surface area (Å²) in [5.41, 5.74) is 2.85. The second-order valence-electron chi connectivity index (χ2n) is 7.03. The summed E-state index contributed by atoms with van der Waals surface area (Å²) >= 11 is 1.51. The molecule has 2 aromatic rings. The number of rotatable bonds is 6. The summed E-state index contributed by atoms with van der Waals surface area (Å²) in [4.78, 5) is 33.2. The molecule has 0 saturated carbocycles. The molecule has 0 bridgehead atoms. The predicted octanol–water partition coefficient (Wildman–Crippen LogP) is 3.97. The summed E-state index contributed by atoms with van der Waals surface area (Å²) in [7, 11) is 0. The largest absolute Gasteiger partial charge is 0.372 e. The molecule has 2 aliphatic heterocycles. The standard InChI is InChI=1S/C22H25N3O2S/c1-3-23(4-2)16-9-11-17(12-10-16)25-21(26)19(18-8-7-15-28-18)20(22(25)27)24-13-5-6-14-24/h7-12,15H,3-6,13-14H2,1-2H3. The lowest BCUT2D eigenvalue weighted by Crippen LogP contribution is -2.34. The number of imide groups is 1. The zero-order valence-electron chi connectivity index (χ0n) is 16.4. The average Bonchev–Trinajstić information content (AvgIpc) is 3.45. The number of hydrogen-bond acceptors (Lipinski definition) is 5. The number of amides is 2. The van der Waals surface area contributed by atoms with Crippen LogP contribution >= 0.6 is 11.3 Å². The van der Waals surface area contributed by atoms with Gasteiger partial charge in [0.05, 0.1) is 11.3 Å². The van der Waals surface area contributed by atoms with Crippen molar-refractivity contribution in [3.63, 3.8) is 0 Å². The molecule has 1 fully saturated rings. The Morgan fingerprint density at radius 2 is 1.64 bits per heavy atom. The van der Waals surface area contributed by atoms with Crippen LogP contribution in [0, 0.1) is 0 Å².